The molecule has 1 atom stereocenters. The molecule has 1 aliphatic heterocycles. The highest BCUT2D eigenvalue weighted by Gasteiger charge is 2.16. The number of carbonyl (C=O) groups is 1. The maximum atomic E-state index is 12.2. The predicted molar refractivity (Wildman–Crippen MR) is 102 cm³/mol. The lowest BCUT2D eigenvalue weighted by atomic mass is 10.1. The fraction of sp³-hybridized carbons (Fsp3) is 0.238. The Balaban J connectivity index is 1.37. The summed E-state index contributed by atoms with van der Waals surface area (Å²) in [5, 5.41) is 3.67. The Hall–Kier alpha value is -3.48. The maximum Gasteiger partial charge on any atom is 0.336 e. The van der Waals surface area contributed by atoms with Gasteiger partial charge in [-0.25, -0.2) is 4.79 Å². The second-order valence-electron chi connectivity index (χ2n) is 6.44. The Morgan fingerprint density at radius 1 is 1.07 bits per heavy atom. The summed E-state index contributed by atoms with van der Waals surface area (Å²) in [5.74, 6) is 1.57. The second-order valence-corrected chi connectivity index (χ2v) is 6.44. The van der Waals surface area contributed by atoms with Gasteiger partial charge in [-0.2, -0.15) is 0 Å². The summed E-state index contributed by atoms with van der Waals surface area (Å²) in [5.41, 5.74) is 0.885. The molecular formula is C21H19NO6. The van der Waals surface area contributed by atoms with Crippen molar-refractivity contribution in [1.29, 1.82) is 0 Å². The van der Waals surface area contributed by atoms with Gasteiger partial charge in [0, 0.05) is 17.5 Å². The molecule has 3 aromatic rings. The van der Waals surface area contributed by atoms with Crippen LogP contribution in [0.15, 0.2) is 57.7 Å². The van der Waals surface area contributed by atoms with Gasteiger partial charge in [0.15, 0.2) is 18.1 Å². The van der Waals surface area contributed by atoms with E-state index < -0.39 is 5.63 Å². The minimum absolute atomic E-state index is 0.155. The highest BCUT2D eigenvalue weighted by atomic mass is 16.6. The van der Waals surface area contributed by atoms with Crippen LogP contribution in [0.25, 0.3) is 11.0 Å². The summed E-state index contributed by atoms with van der Waals surface area (Å²) >= 11 is 0. The Morgan fingerprint density at radius 3 is 2.71 bits per heavy atom. The van der Waals surface area contributed by atoms with Gasteiger partial charge in [0.05, 0.1) is 6.04 Å². The number of amides is 1. The van der Waals surface area contributed by atoms with Crippen LogP contribution in [-0.4, -0.2) is 25.7 Å². The summed E-state index contributed by atoms with van der Waals surface area (Å²) in [6.45, 7) is 2.77. The third kappa shape index (κ3) is 3.93. The van der Waals surface area contributed by atoms with Gasteiger partial charge in [-0.15, -0.1) is 0 Å². The van der Waals surface area contributed by atoms with Crippen molar-refractivity contribution in [2.24, 2.45) is 0 Å². The van der Waals surface area contributed by atoms with Crippen LogP contribution >= 0.6 is 0 Å². The van der Waals surface area contributed by atoms with E-state index >= 15 is 0 Å². The second kappa shape index (κ2) is 7.64. The van der Waals surface area contributed by atoms with Crippen molar-refractivity contribution >= 4 is 16.9 Å². The number of rotatable bonds is 5. The Morgan fingerprint density at radius 2 is 1.86 bits per heavy atom. The average molecular weight is 381 g/mol. The predicted octanol–water partition coefficient (Wildman–Crippen LogP) is 2.82. The third-order valence-electron chi connectivity index (χ3n) is 4.41. The van der Waals surface area contributed by atoms with Crippen LogP contribution in [0.3, 0.4) is 0 Å². The molecule has 28 heavy (non-hydrogen) atoms. The first kappa shape index (κ1) is 17.9. The molecule has 2 aromatic carbocycles. The zero-order valence-electron chi connectivity index (χ0n) is 15.3. The standard InChI is InChI=1S/C21H19NO6/c1-13(15-3-6-17-19(10-15)26-9-8-25-17)22-20(23)12-27-16-5-2-14-4-7-21(24)28-18(14)11-16/h2-7,10-11,13H,8-9,12H2,1H3,(H,22,23). The lowest BCUT2D eigenvalue weighted by Crippen LogP contribution is -2.31. The van der Waals surface area contributed by atoms with E-state index in [4.69, 9.17) is 18.6 Å². The van der Waals surface area contributed by atoms with Gasteiger partial charge in [-0.05, 0) is 42.8 Å². The molecule has 1 aromatic heterocycles. The molecule has 4 rings (SSSR count). The number of hydrogen-bond acceptors (Lipinski definition) is 6. The van der Waals surface area contributed by atoms with Gasteiger partial charge in [-0.1, -0.05) is 6.07 Å². The van der Waals surface area contributed by atoms with Gasteiger partial charge in [-0.3, -0.25) is 4.79 Å². The highest BCUT2D eigenvalue weighted by molar-refractivity contribution is 5.79. The minimum atomic E-state index is -0.435. The van der Waals surface area contributed by atoms with Crippen LogP contribution in [0.4, 0.5) is 0 Å². The Labute approximate surface area is 160 Å². The topological polar surface area (TPSA) is 87.0 Å². The third-order valence-corrected chi connectivity index (χ3v) is 4.41. The van der Waals surface area contributed by atoms with E-state index in [1.165, 1.54) is 6.07 Å². The molecule has 7 heteroatoms. The molecular weight excluding hydrogens is 362 g/mol. The molecule has 0 fully saturated rings. The van der Waals surface area contributed by atoms with E-state index in [2.05, 4.69) is 5.32 Å². The number of nitrogens with one attached hydrogen (secondary N) is 1. The van der Waals surface area contributed by atoms with Gasteiger partial charge in [0.25, 0.3) is 5.91 Å². The van der Waals surface area contributed by atoms with Gasteiger partial charge in [0.2, 0.25) is 0 Å². The van der Waals surface area contributed by atoms with Crippen LogP contribution in [0.2, 0.25) is 0 Å². The van der Waals surface area contributed by atoms with E-state index in [0.29, 0.717) is 36.0 Å². The van der Waals surface area contributed by atoms with Crippen LogP contribution in [0.5, 0.6) is 17.2 Å². The summed E-state index contributed by atoms with van der Waals surface area (Å²) < 4.78 is 21.7. The molecule has 144 valence electrons. The smallest absolute Gasteiger partial charge is 0.336 e. The molecule has 7 nitrogen and oxygen atoms in total. The number of hydrogen-bond donors (Lipinski definition) is 1. The molecule has 0 spiro atoms. The quantitative estimate of drug-likeness (QED) is 0.684. The van der Waals surface area contributed by atoms with Crippen LogP contribution < -0.4 is 25.2 Å². The highest BCUT2D eigenvalue weighted by Crippen LogP contribution is 2.32. The molecule has 2 heterocycles. The van der Waals surface area contributed by atoms with Crippen molar-refractivity contribution in [3.8, 4) is 17.2 Å². The van der Waals surface area contributed by atoms with E-state index in [1.54, 1.807) is 24.3 Å². The van der Waals surface area contributed by atoms with Gasteiger partial charge < -0.3 is 23.9 Å². The molecule has 1 N–H and O–H groups in total. The molecule has 1 aliphatic rings. The number of fused-ring (bicyclic) bond motifs is 2. The maximum absolute atomic E-state index is 12.2. The fourth-order valence-corrected chi connectivity index (χ4v) is 2.98. The largest absolute Gasteiger partial charge is 0.486 e. The van der Waals surface area contributed by atoms with Crippen molar-refractivity contribution in [3.63, 3.8) is 0 Å². The van der Waals surface area contributed by atoms with Crippen LogP contribution in [0.1, 0.15) is 18.5 Å². The molecule has 0 bridgehead atoms. The normalized spacial score (nSPS) is 13.8. The number of ether oxygens (including phenoxy) is 3. The average Bonchev–Trinajstić information content (AvgIpc) is 2.71. The minimum Gasteiger partial charge on any atom is -0.486 e. The Bertz CT molecular complexity index is 1070. The fourth-order valence-electron chi connectivity index (χ4n) is 2.98. The van der Waals surface area contributed by atoms with E-state index in [-0.39, 0.29) is 18.6 Å². The SMILES string of the molecule is CC(NC(=O)COc1ccc2ccc(=O)oc2c1)c1ccc2c(c1)OCCO2. The van der Waals surface area contributed by atoms with Gasteiger partial charge >= 0.3 is 5.63 Å². The van der Waals surface area contributed by atoms with Crippen molar-refractivity contribution < 1.29 is 23.4 Å². The molecule has 1 unspecified atom stereocenters. The molecule has 0 radical (unpaired) electrons. The number of carbonyl (C=O) groups excluding carboxylic acids is 1. The molecule has 1 amide bonds. The van der Waals surface area contributed by atoms with Crippen molar-refractivity contribution in [2.75, 3.05) is 19.8 Å². The monoisotopic (exact) mass is 381 g/mol. The van der Waals surface area contributed by atoms with E-state index in [1.807, 2.05) is 25.1 Å². The lowest BCUT2D eigenvalue weighted by Gasteiger charge is -2.21. The lowest BCUT2D eigenvalue weighted by molar-refractivity contribution is -0.123. The molecule has 0 aliphatic carbocycles. The first-order valence-corrected chi connectivity index (χ1v) is 8.94. The Kier molecular flexibility index (Phi) is 4.89. The summed E-state index contributed by atoms with van der Waals surface area (Å²) in [7, 11) is 0. The first-order chi connectivity index (χ1) is 13.6. The van der Waals surface area contributed by atoms with E-state index in [0.717, 1.165) is 10.9 Å². The van der Waals surface area contributed by atoms with Crippen molar-refractivity contribution in [1.82, 2.24) is 5.32 Å². The van der Waals surface area contributed by atoms with E-state index in [9.17, 15) is 9.59 Å². The molecule has 0 saturated heterocycles. The summed E-state index contributed by atoms with van der Waals surface area (Å²) in [6.07, 6.45) is 0. The number of benzene rings is 2. The van der Waals surface area contributed by atoms with Crippen LogP contribution in [0, 0.1) is 0 Å². The summed E-state index contributed by atoms with van der Waals surface area (Å²) in [6, 6.07) is 13.5. The zero-order valence-corrected chi connectivity index (χ0v) is 15.3. The molecule has 0 saturated carbocycles. The van der Waals surface area contributed by atoms with Crippen molar-refractivity contribution in [2.45, 2.75) is 13.0 Å². The van der Waals surface area contributed by atoms with Crippen molar-refractivity contribution in [3.05, 3.63) is 64.5 Å². The van der Waals surface area contributed by atoms with Crippen LogP contribution in [-0.2, 0) is 4.79 Å². The summed E-state index contributed by atoms with van der Waals surface area (Å²) in [4.78, 5) is 23.6. The first-order valence-electron chi connectivity index (χ1n) is 8.94. The van der Waals surface area contributed by atoms with Gasteiger partial charge in [0.1, 0.15) is 24.5 Å². The zero-order chi connectivity index (χ0) is 19.5.